The van der Waals surface area contributed by atoms with Crippen LogP contribution in [0.4, 0.5) is 0 Å². The molecule has 1 aliphatic carbocycles. The molecule has 0 bridgehead atoms. The molecule has 2 heteroatoms. The summed E-state index contributed by atoms with van der Waals surface area (Å²) in [5.41, 5.74) is 0. The lowest BCUT2D eigenvalue weighted by molar-refractivity contribution is 0.0608. The van der Waals surface area contributed by atoms with E-state index in [9.17, 15) is 0 Å². The van der Waals surface area contributed by atoms with Crippen LogP contribution in [0.5, 0.6) is 0 Å². The molecule has 3 unspecified atom stereocenters. The molecule has 0 aromatic rings. The van der Waals surface area contributed by atoms with Gasteiger partial charge in [0.05, 0.1) is 0 Å². The van der Waals surface area contributed by atoms with Crippen LogP contribution in [-0.2, 0) is 0 Å². The maximum atomic E-state index is 3.83. The van der Waals surface area contributed by atoms with Gasteiger partial charge in [-0.2, -0.15) is 0 Å². The van der Waals surface area contributed by atoms with Crippen molar-refractivity contribution in [3.05, 3.63) is 0 Å². The summed E-state index contributed by atoms with van der Waals surface area (Å²) in [4.78, 5) is 2.84. The molecule has 0 spiro atoms. The molecule has 1 aliphatic heterocycles. The van der Waals surface area contributed by atoms with Crippen molar-refractivity contribution in [2.45, 2.75) is 78.3 Å². The number of hydrogen-bond acceptors (Lipinski definition) is 2. The van der Waals surface area contributed by atoms with Crippen LogP contribution < -0.4 is 5.32 Å². The Morgan fingerprint density at radius 1 is 1.10 bits per heavy atom. The summed E-state index contributed by atoms with van der Waals surface area (Å²) in [6.07, 6.45) is 8.66. The van der Waals surface area contributed by atoms with Gasteiger partial charge in [0.15, 0.2) is 0 Å². The highest BCUT2D eigenvalue weighted by molar-refractivity contribution is 4.90. The van der Waals surface area contributed by atoms with Gasteiger partial charge in [-0.25, -0.2) is 0 Å². The molecule has 2 aliphatic rings. The van der Waals surface area contributed by atoms with Crippen molar-refractivity contribution < 1.29 is 0 Å². The van der Waals surface area contributed by atoms with Gasteiger partial charge in [0.25, 0.3) is 0 Å². The molecule has 2 nitrogen and oxygen atoms in total. The Bertz CT molecular complexity index is 269. The quantitative estimate of drug-likeness (QED) is 0.821. The van der Waals surface area contributed by atoms with Gasteiger partial charge in [-0.05, 0) is 30.6 Å². The fourth-order valence-electron chi connectivity index (χ4n) is 4.09. The predicted octanol–water partition coefficient (Wildman–Crippen LogP) is 3.91. The summed E-state index contributed by atoms with van der Waals surface area (Å²) >= 11 is 0. The van der Waals surface area contributed by atoms with Crippen LogP contribution in [-0.4, -0.2) is 36.6 Å². The molecule has 1 N–H and O–H groups in total. The molecule has 0 radical (unpaired) electrons. The molecule has 1 heterocycles. The molecule has 1 saturated carbocycles. The average molecular weight is 280 g/mol. The molecular weight excluding hydrogens is 244 g/mol. The van der Waals surface area contributed by atoms with E-state index in [1.165, 1.54) is 58.2 Å². The molecular formula is C18H36N2. The van der Waals surface area contributed by atoms with Crippen molar-refractivity contribution in [2.75, 3.05) is 19.6 Å². The number of nitrogens with zero attached hydrogens (tertiary/aromatic N) is 1. The third kappa shape index (κ3) is 4.21. The van der Waals surface area contributed by atoms with Gasteiger partial charge in [0.2, 0.25) is 0 Å². The minimum atomic E-state index is 0.707. The summed E-state index contributed by atoms with van der Waals surface area (Å²) in [6.45, 7) is 13.3. The molecule has 1 saturated heterocycles. The number of hydrogen-bond donors (Lipinski definition) is 1. The molecule has 0 aromatic carbocycles. The molecule has 0 amide bonds. The first-order chi connectivity index (χ1) is 9.61. The van der Waals surface area contributed by atoms with Crippen molar-refractivity contribution in [2.24, 2.45) is 17.8 Å². The van der Waals surface area contributed by atoms with E-state index in [0.717, 1.165) is 23.8 Å². The van der Waals surface area contributed by atoms with E-state index in [1.54, 1.807) is 0 Å². The lowest BCUT2D eigenvalue weighted by Gasteiger charge is -2.45. The molecule has 20 heavy (non-hydrogen) atoms. The summed E-state index contributed by atoms with van der Waals surface area (Å²) < 4.78 is 0. The van der Waals surface area contributed by atoms with Crippen LogP contribution in [0.15, 0.2) is 0 Å². The number of rotatable bonds is 5. The monoisotopic (exact) mass is 280 g/mol. The van der Waals surface area contributed by atoms with Gasteiger partial charge in [0.1, 0.15) is 0 Å². The second-order valence-corrected chi connectivity index (χ2v) is 7.67. The maximum Gasteiger partial charge on any atom is 0.0244 e. The summed E-state index contributed by atoms with van der Waals surface area (Å²) in [6, 6.07) is 1.45. The zero-order chi connectivity index (χ0) is 14.5. The Balaban J connectivity index is 1.94. The van der Waals surface area contributed by atoms with Gasteiger partial charge >= 0.3 is 0 Å². The maximum absolute atomic E-state index is 3.83. The Morgan fingerprint density at radius 2 is 1.80 bits per heavy atom. The molecule has 2 rings (SSSR count). The Morgan fingerprint density at radius 3 is 2.40 bits per heavy atom. The van der Waals surface area contributed by atoms with Crippen LogP contribution in [0.2, 0.25) is 0 Å². The third-order valence-corrected chi connectivity index (χ3v) is 5.81. The lowest BCUT2D eigenvalue weighted by atomic mass is 9.86. The SMILES string of the molecule is CCC(C)C1CN(CC2CCCCC2)C(C(C)C)CN1. The third-order valence-electron chi connectivity index (χ3n) is 5.81. The van der Waals surface area contributed by atoms with E-state index in [2.05, 4.69) is 37.9 Å². The van der Waals surface area contributed by atoms with E-state index >= 15 is 0 Å². The smallest absolute Gasteiger partial charge is 0.0244 e. The van der Waals surface area contributed by atoms with Gasteiger partial charge in [0, 0.05) is 31.7 Å². The highest BCUT2D eigenvalue weighted by atomic mass is 15.2. The first kappa shape index (κ1) is 16.3. The number of nitrogens with one attached hydrogen (secondary N) is 1. The zero-order valence-corrected chi connectivity index (χ0v) is 14.2. The highest BCUT2D eigenvalue weighted by Crippen LogP contribution is 2.27. The minimum absolute atomic E-state index is 0.707. The lowest BCUT2D eigenvalue weighted by Crippen LogP contribution is -2.60. The normalized spacial score (nSPS) is 31.6. The first-order valence-electron chi connectivity index (χ1n) is 9.09. The van der Waals surface area contributed by atoms with E-state index < -0.39 is 0 Å². The standard InChI is InChI=1S/C18H36N2/c1-5-15(4)17-13-20(18(11-19-17)14(2)3)12-16-9-7-6-8-10-16/h14-19H,5-13H2,1-4H3. The van der Waals surface area contributed by atoms with Gasteiger partial charge in [-0.15, -0.1) is 0 Å². The van der Waals surface area contributed by atoms with Gasteiger partial charge in [-0.3, -0.25) is 4.90 Å². The fraction of sp³-hybridized carbons (Fsp3) is 1.00. The van der Waals surface area contributed by atoms with Crippen LogP contribution in [0, 0.1) is 17.8 Å². The second kappa shape index (κ2) is 7.79. The Kier molecular flexibility index (Phi) is 6.35. The van der Waals surface area contributed by atoms with Crippen LogP contribution >= 0.6 is 0 Å². The van der Waals surface area contributed by atoms with E-state index in [1.807, 2.05) is 0 Å². The van der Waals surface area contributed by atoms with Crippen LogP contribution in [0.3, 0.4) is 0 Å². The second-order valence-electron chi connectivity index (χ2n) is 7.67. The molecule has 118 valence electrons. The summed E-state index contributed by atoms with van der Waals surface area (Å²) in [5.74, 6) is 2.54. The largest absolute Gasteiger partial charge is 0.311 e. The number of piperazine rings is 1. The Labute approximate surface area is 126 Å². The van der Waals surface area contributed by atoms with E-state index in [0.29, 0.717) is 6.04 Å². The Hall–Kier alpha value is -0.0800. The first-order valence-corrected chi connectivity index (χ1v) is 9.09. The predicted molar refractivity (Wildman–Crippen MR) is 88.0 cm³/mol. The van der Waals surface area contributed by atoms with E-state index in [4.69, 9.17) is 0 Å². The molecule has 2 fully saturated rings. The van der Waals surface area contributed by atoms with Crippen molar-refractivity contribution in [1.29, 1.82) is 0 Å². The summed E-state index contributed by atoms with van der Waals surface area (Å²) in [7, 11) is 0. The van der Waals surface area contributed by atoms with Crippen LogP contribution in [0.1, 0.15) is 66.2 Å². The van der Waals surface area contributed by atoms with Gasteiger partial charge in [-0.1, -0.05) is 53.4 Å². The zero-order valence-electron chi connectivity index (χ0n) is 14.2. The minimum Gasteiger partial charge on any atom is -0.311 e. The van der Waals surface area contributed by atoms with Crippen molar-refractivity contribution in [3.63, 3.8) is 0 Å². The van der Waals surface area contributed by atoms with Crippen LogP contribution in [0.25, 0.3) is 0 Å². The fourth-order valence-corrected chi connectivity index (χ4v) is 4.09. The average Bonchev–Trinajstić information content (AvgIpc) is 2.47. The topological polar surface area (TPSA) is 15.3 Å². The van der Waals surface area contributed by atoms with Crippen molar-refractivity contribution in [3.8, 4) is 0 Å². The summed E-state index contributed by atoms with van der Waals surface area (Å²) in [5, 5.41) is 3.83. The molecule has 3 atom stereocenters. The molecule has 0 aromatic heterocycles. The van der Waals surface area contributed by atoms with Gasteiger partial charge < -0.3 is 5.32 Å². The highest BCUT2D eigenvalue weighted by Gasteiger charge is 2.33. The van der Waals surface area contributed by atoms with Crippen molar-refractivity contribution >= 4 is 0 Å². The van der Waals surface area contributed by atoms with Crippen molar-refractivity contribution in [1.82, 2.24) is 10.2 Å². The van der Waals surface area contributed by atoms with E-state index in [-0.39, 0.29) is 0 Å².